The summed E-state index contributed by atoms with van der Waals surface area (Å²) in [6, 6.07) is -0.0801. The fraction of sp³-hybridized carbons (Fsp3) is 0.917. The molecule has 0 spiro atoms. The average Bonchev–Trinajstić information content (AvgIpc) is 2.37. The summed E-state index contributed by atoms with van der Waals surface area (Å²) in [4.78, 5) is 2.08. The Kier molecular flexibility index (Phi) is 6.38. The van der Waals surface area contributed by atoms with Gasteiger partial charge in [0.25, 0.3) is 10.2 Å². The van der Waals surface area contributed by atoms with Crippen molar-refractivity contribution in [1.82, 2.24) is 13.9 Å². The summed E-state index contributed by atoms with van der Waals surface area (Å²) in [6.45, 7) is 8.49. The summed E-state index contributed by atoms with van der Waals surface area (Å²) in [7, 11) is -3.38. The van der Waals surface area contributed by atoms with Crippen molar-refractivity contribution in [2.45, 2.75) is 33.2 Å². The fourth-order valence-corrected chi connectivity index (χ4v) is 3.66. The van der Waals surface area contributed by atoms with Crippen LogP contribution in [0.25, 0.3) is 0 Å². The van der Waals surface area contributed by atoms with Gasteiger partial charge in [-0.3, -0.25) is 10.3 Å². The van der Waals surface area contributed by atoms with Crippen molar-refractivity contribution in [3.63, 3.8) is 0 Å². The van der Waals surface area contributed by atoms with Crippen molar-refractivity contribution >= 4 is 16.0 Å². The van der Waals surface area contributed by atoms with E-state index in [1.165, 1.54) is 4.31 Å². The first-order valence-electron chi connectivity index (χ1n) is 7.10. The highest BCUT2D eigenvalue weighted by atomic mass is 32.2. The minimum atomic E-state index is -3.38. The first-order valence-corrected chi connectivity index (χ1v) is 8.54. The Bertz CT molecular complexity index is 416. The Balaban J connectivity index is 2.55. The lowest BCUT2D eigenvalue weighted by atomic mass is 10.1. The second-order valence-corrected chi connectivity index (χ2v) is 7.32. The van der Waals surface area contributed by atoms with Gasteiger partial charge in [0.05, 0.1) is 6.04 Å². The highest BCUT2D eigenvalue weighted by molar-refractivity contribution is 7.87. The van der Waals surface area contributed by atoms with Crippen LogP contribution in [-0.4, -0.2) is 62.2 Å². The zero-order chi connectivity index (χ0) is 15.3. The third-order valence-electron chi connectivity index (χ3n) is 3.47. The number of nitrogens with two attached hydrogens (primary N) is 1. The molecule has 1 saturated heterocycles. The molecule has 8 heteroatoms. The molecule has 20 heavy (non-hydrogen) atoms. The number of hydrogen-bond donors (Lipinski definition) is 3. The Labute approximate surface area is 122 Å². The normalized spacial score (nSPS) is 20.2. The first-order chi connectivity index (χ1) is 9.27. The Morgan fingerprint density at radius 3 is 2.25 bits per heavy atom. The maximum atomic E-state index is 12.1. The second kappa shape index (κ2) is 7.35. The van der Waals surface area contributed by atoms with E-state index in [0.717, 1.165) is 6.42 Å². The molecule has 1 unspecified atom stereocenters. The van der Waals surface area contributed by atoms with E-state index in [4.69, 9.17) is 11.1 Å². The monoisotopic (exact) mass is 305 g/mol. The standard InChI is InChI=1S/C12H27N5O2S/c1-4-11(12(13)14)16-5-7-17(8-6-16)20(18,19)15-9-10(2)3/h10-11,15H,4-9H2,1-3H3,(H3,13,14). The zero-order valence-electron chi connectivity index (χ0n) is 12.6. The average molecular weight is 305 g/mol. The van der Waals surface area contributed by atoms with Gasteiger partial charge in [0.15, 0.2) is 0 Å². The molecular formula is C12H27N5O2S. The van der Waals surface area contributed by atoms with E-state index in [9.17, 15) is 8.42 Å². The van der Waals surface area contributed by atoms with Crippen molar-refractivity contribution in [1.29, 1.82) is 5.41 Å². The van der Waals surface area contributed by atoms with Gasteiger partial charge in [0, 0.05) is 32.7 Å². The van der Waals surface area contributed by atoms with Gasteiger partial charge < -0.3 is 5.73 Å². The molecule has 7 nitrogen and oxygen atoms in total. The molecule has 0 aromatic heterocycles. The van der Waals surface area contributed by atoms with Crippen molar-refractivity contribution in [2.75, 3.05) is 32.7 Å². The number of piperazine rings is 1. The number of hydrogen-bond acceptors (Lipinski definition) is 4. The van der Waals surface area contributed by atoms with Gasteiger partial charge in [-0.05, 0) is 12.3 Å². The van der Waals surface area contributed by atoms with Crippen LogP contribution >= 0.6 is 0 Å². The van der Waals surface area contributed by atoms with Crippen molar-refractivity contribution in [3.05, 3.63) is 0 Å². The van der Waals surface area contributed by atoms with Crippen LogP contribution in [0, 0.1) is 11.3 Å². The predicted octanol–water partition coefficient (Wildman–Crippen LogP) is -0.191. The molecule has 1 aliphatic heterocycles. The second-order valence-electron chi connectivity index (χ2n) is 5.56. The van der Waals surface area contributed by atoms with Gasteiger partial charge in [0.1, 0.15) is 5.84 Å². The summed E-state index contributed by atoms with van der Waals surface area (Å²) in [5, 5.41) is 7.57. The lowest BCUT2D eigenvalue weighted by molar-refractivity contribution is 0.163. The highest BCUT2D eigenvalue weighted by Gasteiger charge is 2.30. The molecule has 0 saturated carbocycles. The number of amidine groups is 1. The summed E-state index contributed by atoms with van der Waals surface area (Å²) in [5.74, 6) is 0.440. The molecule has 0 radical (unpaired) electrons. The highest BCUT2D eigenvalue weighted by Crippen LogP contribution is 2.11. The summed E-state index contributed by atoms with van der Waals surface area (Å²) in [6.07, 6.45) is 0.772. The fourth-order valence-electron chi connectivity index (χ4n) is 2.29. The van der Waals surface area contributed by atoms with E-state index in [0.29, 0.717) is 32.7 Å². The maximum absolute atomic E-state index is 12.1. The maximum Gasteiger partial charge on any atom is 0.279 e. The van der Waals surface area contributed by atoms with Crippen LogP contribution in [0.4, 0.5) is 0 Å². The Morgan fingerprint density at radius 2 is 1.85 bits per heavy atom. The van der Waals surface area contributed by atoms with Crippen LogP contribution in [-0.2, 0) is 10.2 Å². The number of nitrogens with zero attached hydrogens (tertiary/aromatic N) is 2. The van der Waals surface area contributed by atoms with Gasteiger partial charge in [-0.25, -0.2) is 4.72 Å². The van der Waals surface area contributed by atoms with Gasteiger partial charge in [-0.1, -0.05) is 20.8 Å². The summed E-state index contributed by atoms with van der Waals surface area (Å²) in [5.41, 5.74) is 5.58. The van der Waals surface area contributed by atoms with E-state index in [-0.39, 0.29) is 17.8 Å². The van der Waals surface area contributed by atoms with Crippen LogP contribution in [0.15, 0.2) is 0 Å². The van der Waals surface area contributed by atoms with Gasteiger partial charge >= 0.3 is 0 Å². The van der Waals surface area contributed by atoms with Gasteiger partial charge in [0.2, 0.25) is 0 Å². The molecule has 0 aromatic carbocycles. The molecule has 4 N–H and O–H groups in total. The molecule has 0 amide bonds. The minimum Gasteiger partial charge on any atom is -0.386 e. The van der Waals surface area contributed by atoms with Crippen LogP contribution in [0.2, 0.25) is 0 Å². The van der Waals surface area contributed by atoms with Crippen LogP contribution in [0.1, 0.15) is 27.2 Å². The zero-order valence-corrected chi connectivity index (χ0v) is 13.4. The smallest absolute Gasteiger partial charge is 0.279 e. The molecule has 118 valence electrons. The quantitative estimate of drug-likeness (QED) is 0.448. The van der Waals surface area contributed by atoms with E-state index < -0.39 is 10.2 Å². The lowest BCUT2D eigenvalue weighted by Gasteiger charge is -2.37. The molecule has 1 aliphatic rings. The summed E-state index contributed by atoms with van der Waals surface area (Å²) >= 11 is 0. The molecule has 1 heterocycles. The molecule has 1 rings (SSSR count). The summed E-state index contributed by atoms with van der Waals surface area (Å²) < 4.78 is 28.3. The van der Waals surface area contributed by atoms with E-state index in [1.54, 1.807) is 0 Å². The topological polar surface area (TPSA) is 103 Å². The molecule has 0 bridgehead atoms. The minimum absolute atomic E-state index is 0.0801. The number of rotatable bonds is 7. The van der Waals surface area contributed by atoms with Crippen LogP contribution < -0.4 is 10.5 Å². The Morgan fingerprint density at radius 1 is 1.30 bits per heavy atom. The lowest BCUT2D eigenvalue weighted by Crippen LogP contribution is -2.56. The van der Waals surface area contributed by atoms with Gasteiger partial charge in [-0.15, -0.1) is 0 Å². The van der Waals surface area contributed by atoms with Crippen molar-refractivity contribution in [3.8, 4) is 0 Å². The largest absolute Gasteiger partial charge is 0.386 e. The third-order valence-corrected chi connectivity index (χ3v) is 5.05. The van der Waals surface area contributed by atoms with Crippen LogP contribution in [0.5, 0.6) is 0 Å². The molecule has 1 fully saturated rings. The van der Waals surface area contributed by atoms with Crippen LogP contribution in [0.3, 0.4) is 0 Å². The predicted molar refractivity (Wildman–Crippen MR) is 80.9 cm³/mol. The molecule has 0 aliphatic carbocycles. The molecule has 0 aromatic rings. The molecular weight excluding hydrogens is 278 g/mol. The Hall–Kier alpha value is -0.700. The van der Waals surface area contributed by atoms with Crippen molar-refractivity contribution < 1.29 is 8.42 Å². The SMILES string of the molecule is CCC(C(=N)N)N1CCN(S(=O)(=O)NCC(C)C)CC1. The number of nitrogens with one attached hydrogen (secondary N) is 2. The first kappa shape index (κ1) is 17.4. The van der Waals surface area contributed by atoms with Crippen molar-refractivity contribution in [2.24, 2.45) is 11.7 Å². The third kappa shape index (κ3) is 4.69. The van der Waals surface area contributed by atoms with E-state index in [1.807, 2.05) is 20.8 Å². The van der Waals surface area contributed by atoms with E-state index >= 15 is 0 Å². The molecule has 1 atom stereocenters. The van der Waals surface area contributed by atoms with E-state index in [2.05, 4.69) is 9.62 Å². The van der Waals surface area contributed by atoms with Gasteiger partial charge in [-0.2, -0.15) is 12.7 Å².